The third-order valence-corrected chi connectivity index (χ3v) is 3.02. The summed E-state index contributed by atoms with van der Waals surface area (Å²) in [7, 11) is 0. The van der Waals surface area contributed by atoms with Gasteiger partial charge in [0.25, 0.3) is 5.91 Å². The maximum absolute atomic E-state index is 11.9. The summed E-state index contributed by atoms with van der Waals surface area (Å²) in [6, 6.07) is 7.59. The van der Waals surface area contributed by atoms with Gasteiger partial charge in [0.15, 0.2) is 6.10 Å². The Bertz CT molecular complexity index is 389. The van der Waals surface area contributed by atoms with E-state index in [1.807, 2.05) is 38.1 Å². The van der Waals surface area contributed by atoms with E-state index in [9.17, 15) is 4.79 Å². The maximum atomic E-state index is 11.9. The highest BCUT2D eigenvalue weighted by Gasteiger charge is 2.17. The first-order valence-corrected chi connectivity index (χ1v) is 6.71. The fraction of sp³-hybridized carbons (Fsp3) is 0.533. The Morgan fingerprint density at radius 1 is 1.37 bits per heavy atom. The quantitative estimate of drug-likeness (QED) is 0.793. The molecule has 1 aromatic carbocycles. The van der Waals surface area contributed by atoms with Crippen LogP contribution in [0.2, 0.25) is 0 Å². The number of hydrogen-bond acceptors (Lipinski definition) is 3. The van der Waals surface area contributed by atoms with Crippen molar-refractivity contribution in [3.05, 3.63) is 29.8 Å². The van der Waals surface area contributed by atoms with Gasteiger partial charge in [-0.3, -0.25) is 4.79 Å². The van der Waals surface area contributed by atoms with Crippen LogP contribution < -0.4 is 10.1 Å². The monoisotopic (exact) mass is 265 g/mol. The molecule has 1 rings (SSSR count). The Morgan fingerprint density at radius 3 is 2.53 bits per heavy atom. The van der Waals surface area contributed by atoms with E-state index in [0.717, 1.165) is 12.0 Å². The lowest BCUT2D eigenvalue weighted by molar-refractivity contribution is -0.128. The minimum atomic E-state index is -0.546. The molecule has 4 nitrogen and oxygen atoms in total. The molecule has 0 saturated carbocycles. The van der Waals surface area contributed by atoms with Crippen molar-refractivity contribution in [3.8, 4) is 5.75 Å². The molecule has 0 aliphatic heterocycles. The van der Waals surface area contributed by atoms with Gasteiger partial charge in [-0.1, -0.05) is 24.6 Å². The Morgan fingerprint density at radius 2 is 2.00 bits per heavy atom. The van der Waals surface area contributed by atoms with Gasteiger partial charge in [0.05, 0.1) is 0 Å². The topological polar surface area (TPSA) is 58.6 Å². The summed E-state index contributed by atoms with van der Waals surface area (Å²) in [6.07, 6.45) is 0.818. The number of hydrogen-bond donors (Lipinski definition) is 2. The summed E-state index contributed by atoms with van der Waals surface area (Å²) in [5.74, 6) is 0.532. The third kappa shape index (κ3) is 5.30. The van der Waals surface area contributed by atoms with Gasteiger partial charge in [-0.2, -0.15) is 0 Å². The third-order valence-electron chi connectivity index (χ3n) is 3.02. The predicted octanol–water partition coefficient (Wildman–Crippen LogP) is 2.04. The van der Waals surface area contributed by atoms with Crippen LogP contribution in [0.5, 0.6) is 5.75 Å². The second-order valence-corrected chi connectivity index (χ2v) is 4.70. The van der Waals surface area contributed by atoms with Gasteiger partial charge in [-0.15, -0.1) is 0 Å². The van der Waals surface area contributed by atoms with Crippen LogP contribution in [0.3, 0.4) is 0 Å². The number of nitrogens with one attached hydrogen (secondary N) is 1. The number of benzene rings is 1. The minimum Gasteiger partial charge on any atom is -0.481 e. The van der Waals surface area contributed by atoms with Crippen molar-refractivity contribution in [2.45, 2.75) is 45.8 Å². The van der Waals surface area contributed by atoms with E-state index in [4.69, 9.17) is 9.84 Å². The van der Waals surface area contributed by atoms with Crippen LogP contribution in [0.25, 0.3) is 0 Å². The molecule has 0 aliphatic carbocycles. The van der Waals surface area contributed by atoms with Crippen molar-refractivity contribution in [1.82, 2.24) is 5.32 Å². The van der Waals surface area contributed by atoms with Crippen molar-refractivity contribution in [2.75, 3.05) is 6.61 Å². The molecule has 1 amide bonds. The van der Waals surface area contributed by atoms with Crippen LogP contribution >= 0.6 is 0 Å². The highest BCUT2D eigenvalue weighted by molar-refractivity contribution is 5.81. The number of amides is 1. The molecule has 0 heterocycles. The van der Waals surface area contributed by atoms with Crippen LogP contribution in [-0.4, -0.2) is 29.8 Å². The van der Waals surface area contributed by atoms with Gasteiger partial charge < -0.3 is 15.2 Å². The summed E-state index contributed by atoms with van der Waals surface area (Å²) in [4.78, 5) is 11.9. The van der Waals surface area contributed by atoms with Gasteiger partial charge in [-0.05, 0) is 38.8 Å². The Kier molecular flexibility index (Phi) is 6.36. The van der Waals surface area contributed by atoms with Crippen LogP contribution in [0.1, 0.15) is 32.3 Å². The van der Waals surface area contributed by atoms with Crippen molar-refractivity contribution >= 4 is 5.91 Å². The predicted molar refractivity (Wildman–Crippen MR) is 75.2 cm³/mol. The van der Waals surface area contributed by atoms with E-state index >= 15 is 0 Å². The number of aryl methyl sites for hydroxylation is 1. The summed E-state index contributed by atoms with van der Waals surface area (Å²) in [5, 5.41) is 11.8. The first kappa shape index (κ1) is 15.5. The van der Waals surface area contributed by atoms with E-state index < -0.39 is 6.10 Å². The zero-order chi connectivity index (χ0) is 14.3. The van der Waals surface area contributed by atoms with Crippen LogP contribution in [0, 0.1) is 6.92 Å². The fourth-order valence-corrected chi connectivity index (χ4v) is 1.73. The van der Waals surface area contributed by atoms with E-state index in [-0.39, 0.29) is 18.6 Å². The molecule has 0 fully saturated rings. The van der Waals surface area contributed by atoms with Gasteiger partial charge in [0.2, 0.25) is 0 Å². The van der Waals surface area contributed by atoms with Crippen molar-refractivity contribution in [3.63, 3.8) is 0 Å². The number of carbonyl (C=O) groups is 1. The molecule has 0 aliphatic rings. The van der Waals surface area contributed by atoms with Crippen molar-refractivity contribution in [2.24, 2.45) is 0 Å². The molecule has 19 heavy (non-hydrogen) atoms. The SMILES string of the molecule is CCC(CCO)NC(=O)C(C)Oc1ccc(C)cc1. The van der Waals surface area contributed by atoms with E-state index in [0.29, 0.717) is 12.2 Å². The average Bonchev–Trinajstić information content (AvgIpc) is 2.40. The molecular formula is C15H23NO3. The van der Waals surface area contributed by atoms with Crippen LogP contribution in [-0.2, 0) is 4.79 Å². The summed E-state index contributed by atoms with van der Waals surface area (Å²) >= 11 is 0. The van der Waals surface area contributed by atoms with Gasteiger partial charge in [-0.25, -0.2) is 0 Å². The second kappa shape index (κ2) is 7.79. The van der Waals surface area contributed by atoms with Gasteiger partial charge in [0, 0.05) is 12.6 Å². The number of ether oxygens (including phenoxy) is 1. The lowest BCUT2D eigenvalue weighted by Crippen LogP contribution is -2.42. The number of aliphatic hydroxyl groups is 1. The van der Waals surface area contributed by atoms with Crippen molar-refractivity contribution in [1.29, 1.82) is 0 Å². The Balaban J connectivity index is 2.50. The van der Waals surface area contributed by atoms with Crippen LogP contribution in [0.4, 0.5) is 0 Å². The lowest BCUT2D eigenvalue weighted by Gasteiger charge is -2.20. The van der Waals surface area contributed by atoms with Gasteiger partial charge >= 0.3 is 0 Å². The molecule has 0 bridgehead atoms. The zero-order valence-corrected chi connectivity index (χ0v) is 11.8. The number of carbonyl (C=O) groups excluding carboxylic acids is 1. The van der Waals surface area contributed by atoms with E-state index in [1.54, 1.807) is 6.92 Å². The second-order valence-electron chi connectivity index (χ2n) is 4.70. The molecule has 0 radical (unpaired) electrons. The first-order valence-electron chi connectivity index (χ1n) is 6.71. The van der Waals surface area contributed by atoms with Gasteiger partial charge in [0.1, 0.15) is 5.75 Å². The van der Waals surface area contributed by atoms with Crippen molar-refractivity contribution < 1.29 is 14.6 Å². The molecule has 0 saturated heterocycles. The summed E-state index contributed by atoms with van der Waals surface area (Å²) in [6.45, 7) is 5.78. The van der Waals surface area contributed by atoms with E-state index in [2.05, 4.69) is 5.32 Å². The molecule has 106 valence electrons. The lowest BCUT2D eigenvalue weighted by atomic mass is 10.1. The molecule has 2 atom stereocenters. The average molecular weight is 265 g/mol. The molecular weight excluding hydrogens is 242 g/mol. The summed E-state index contributed by atoms with van der Waals surface area (Å²) in [5.41, 5.74) is 1.15. The minimum absolute atomic E-state index is 0.00145. The maximum Gasteiger partial charge on any atom is 0.260 e. The smallest absolute Gasteiger partial charge is 0.260 e. The van der Waals surface area contributed by atoms with Crippen LogP contribution in [0.15, 0.2) is 24.3 Å². The molecule has 1 aromatic rings. The summed E-state index contributed by atoms with van der Waals surface area (Å²) < 4.78 is 5.58. The Labute approximate surface area is 114 Å². The first-order chi connectivity index (χ1) is 9.06. The highest BCUT2D eigenvalue weighted by Crippen LogP contribution is 2.13. The molecule has 2 unspecified atom stereocenters. The standard InChI is InChI=1S/C15H23NO3/c1-4-13(9-10-17)16-15(18)12(3)19-14-7-5-11(2)6-8-14/h5-8,12-13,17H,4,9-10H2,1-3H3,(H,16,18). The highest BCUT2D eigenvalue weighted by atomic mass is 16.5. The number of aliphatic hydroxyl groups excluding tert-OH is 1. The number of rotatable bonds is 7. The van der Waals surface area contributed by atoms with E-state index in [1.165, 1.54) is 0 Å². The fourth-order valence-electron chi connectivity index (χ4n) is 1.73. The largest absolute Gasteiger partial charge is 0.481 e. The normalized spacial score (nSPS) is 13.7. The molecule has 0 spiro atoms. The molecule has 4 heteroatoms. The molecule has 0 aromatic heterocycles. The Hall–Kier alpha value is -1.55. The molecule has 2 N–H and O–H groups in total. The zero-order valence-electron chi connectivity index (χ0n) is 11.8.